The number of carbonyl (C=O) groups is 1. The molecule has 2 unspecified atom stereocenters. The van der Waals surface area contributed by atoms with Gasteiger partial charge in [0.1, 0.15) is 5.82 Å². The van der Waals surface area contributed by atoms with Crippen LogP contribution in [0.15, 0.2) is 22.7 Å². The van der Waals surface area contributed by atoms with Crippen molar-refractivity contribution in [1.82, 2.24) is 4.90 Å². The third-order valence-electron chi connectivity index (χ3n) is 3.80. The van der Waals surface area contributed by atoms with E-state index in [1.807, 2.05) is 4.90 Å². The third-order valence-corrected chi connectivity index (χ3v) is 4.44. The van der Waals surface area contributed by atoms with Crippen LogP contribution < -0.4 is 0 Å². The first-order valence-electron chi connectivity index (χ1n) is 6.26. The van der Waals surface area contributed by atoms with Crippen LogP contribution in [-0.2, 0) is 0 Å². The minimum Gasteiger partial charge on any atom is -0.336 e. The van der Waals surface area contributed by atoms with Crippen LogP contribution in [0, 0.1) is 11.7 Å². The summed E-state index contributed by atoms with van der Waals surface area (Å²) < 4.78 is 13.9. The number of nitrogens with zero attached hydrogens (tertiary/aromatic N) is 1. The molecule has 0 radical (unpaired) electrons. The fraction of sp³-hybridized carbons (Fsp3) is 0.500. The normalized spacial score (nSPS) is 24.1. The maximum Gasteiger partial charge on any atom is 0.254 e. The zero-order valence-corrected chi connectivity index (χ0v) is 12.2. The molecule has 2 rings (SSSR count). The average molecular weight is 314 g/mol. The smallest absolute Gasteiger partial charge is 0.254 e. The molecule has 1 amide bonds. The van der Waals surface area contributed by atoms with Crippen LogP contribution >= 0.6 is 15.9 Å². The van der Waals surface area contributed by atoms with Crippen LogP contribution in [0.1, 0.15) is 37.0 Å². The van der Waals surface area contributed by atoms with E-state index >= 15 is 0 Å². The Balaban J connectivity index is 2.22. The Kier molecular flexibility index (Phi) is 4.05. The highest BCUT2D eigenvalue weighted by Crippen LogP contribution is 2.25. The lowest BCUT2D eigenvalue weighted by Gasteiger charge is -2.38. The lowest BCUT2D eigenvalue weighted by molar-refractivity contribution is 0.0550. The Morgan fingerprint density at radius 2 is 2.17 bits per heavy atom. The Labute approximate surface area is 115 Å². The third kappa shape index (κ3) is 2.58. The topological polar surface area (TPSA) is 20.3 Å². The minimum absolute atomic E-state index is 0.0690. The van der Waals surface area contributed by atoms with Crippen LogP contribution in [0.2, 0.25) is 0 Å². The largest absolute Gasteiger partial charge is 0.336 e. The van der Waals surface area contributed by atoms with Crippen LogP contribution in [-0.4, -0.2) is 23.4 Å². The molecule has 2 atom stereocenters. The van der Waals surface area contributed by atoms with E-state index in [1.165, 1.54) is 6.07 Å². The predicted molar refractivity (Wildman–Crippen MR) is 73.0 cm³/mol. The number of carbonyl (C=O) groups excluding carboxylic acids is 1. The molecule has 4 heteroatoms. The van der Waals surface area contributed by atoms with E-state index in [1.54, 1.807) is 12.1 Å². The highest BCUT2D eigenvalue weighted by atomic mass is 79.9. The van der Waals surface area contributed by atoms with E-state index in [2.05, 4.69) is 29.8 Å². The van der Waals surface area contributed by atoms with Gasteiger partial charge in [0.25, 0.3) is 5.91 Å². The highest BCUT2D eigenvalue weighted by Gasteiger charge is 2.29. The molecule has 0 N–H and O–H groups in total. The molecule has 1 aliphatic heterocycles. The van der Waals surface area contributed by atoms with Crippen LogP contribution in [0.5, 0.6) is 0 Å². The Hall–Kier alpha value is -0.900. The van der Waals surface area contributed by atoms with E-state index < -0.39 is 5.82 Å². The summed E-state index contributed by atoms with van der Waals surface area (Å²) in [6.07, 6.45) is 2.18. The van der Waals surface area contributed by atoms with Crippen molar-refractivity contribution in [2.75, 3.05) is 6.54 Å². The molecule has 1 saturated heterocycles. The number of halogens is 2. The van der Waals surface area contributed by atoms with Crippen LogP contribution in [0.4, 0.5) is 4.39 Å². The number of amides is 1. The lowest BCUT2D eigenvalue weighted by Crippen LogP contribution is -2.46. The molecule has 18 heavy (non-hydrogen) atoms. The van der Waals surface area contributed by atoms with Gasteiger partial charge in [0, 0.05) is 18.2 Å². The molecule has 0 aliphatic carbocycles. The van der Waals surface area contributed by atoms with Gasteiger partial charge in [0.05, 0.1) is 4.47 Å². The highest BCUT2D eigenvalue weighted by molar-refractivity contribution is 9.10. The maximum absolute atomic E-state index is 13.5. The summed E-state index contributed by atoms with van der Waals surface area (Å²) in [7, 11) is 0. The lowest BCUT2D eigenvalue weighted by atomic mass is 9.91. The quantitative estimate of drug-likeness (QED) is 0.771. The van der Waals surface area contributed by atoms with E-state index in [0.29, 0.717) is 16.0 Å². The van der Waals surface area contributed by atoms with Crippen molar-refractivity contribution in [2.45, 2.75) is 32.7 Å². The molecule has 1 aliphatic rings. The molecule has 0 spiro atoms. The monoisotopic (exact) mass is 313 g/mol. The van der Waals surface area contributed by atoms with Crippen molar-refractivity contribution >= 4 is 21.8 Å². The van der Waals surface area contributed by atoms with Gasteiger partial charge < -0.3 is 4.90 Å². The summed E-state index contributed by atoms with van der Waals surface area (Å²) in [6, 6.07) is 4.78. The number of hydrogen-bond acceptors (Lipinski definition) is 1. The van der Waals surface area contributed by atoms with Gasteiger partial charge in [-0.1, -0.05) is 6.92 Å². The van der Waals surface area contributed by atoms with Gasteiger partial charge in [-0.25, -0.2) is 4.39 Å². The molecule has 1 aromatic carbocycles. The van der Waals surface area contributed by atoms with Gasteiger partial charge in [-0.15, -0.1) is 0 Å². The molecule has 1 heterocycles. The predicted octanol–water partition coefficient (Wildman–Crippen LogP) is 3.85. The van der Waals surface area contributed by atoms with Gasteiger partial charge >= 0.3 is 0 Å². The van der Waals surface area contributed by atoms with Crippen molar-refractivity contribution in [3.8, 4) is 0 Å². The number of benzene rings is 1. The van der Waals surface area contributed by atoms with Gasteiger partial charge in [-0.05, 0) is 59.8 Å². The zero-order valence-electron chi connectivity index (χ0n) is 10.6. The van der Waals surface area contributed by atoms with E-state index in [0.717, 1.165) is 19.4 Å². The Morgan fingerprint density at radius 3 is 2.83 bits per heavy atom. The minimum atomic E-state index is -0.390. The summed E-state index contributed by atoms with van der Waals surface area (Å²) >= 11 is 3.10. The average Bonchev–Trinajstić information content (AvgIpc) is 2.35. The Morgan fingerprint density at radius 1 is 1.44 bits per heavy atom. The first-order valence-corrected chi connectivity index (χ1v) is 7.06. The standard InChI is InChI=1S/C14H17BrFNO/c1-9-4-3-7-17(10(9)2)14(18)11-5-6-12(15)13(16)8-11/h5-6,8-10H,3-4,7H2,1-2H3. The Bertz CT molecular complexity index is 463. The fourth-order valence-corrected chi connectivity index (χ4v) is 2.66. The van der Waals surface area contributed by atoms with Gasteiger partial charge in [0.2, 0.25) is 0 Å². The summed E-state index contributed by atoms with van der Waals surface area (Å²) in [4.78, 5) is 14.2. The van der Waals surface area contributed by atoms with Crippen molar-refractivity contribution < 1.29 is 9.18 Å². The SMILES string of the molecule is CC1CCCN(C(=O)c2ccc(Br)c(F)c2)C1C. The number of hydrogen-bond donors (Lipinski definition) is 0. The second kappa shape index (κ2) is 5.39. The summed E-state index contributed by atoms with van der Waals surface area (Å²) in [5.41, 5.74) is 0.427. The summed E-state index contributed by atoms with van der Waals surface area (Å²) in [6.45, 7) is 4.99. The number of likely N-dealkylation sites (tertiary alicyclic amines) is 1. The van der Waals surface area contributed by atoms with E-state index in [-0.39, 0.29) is 11.9 Å². The molecule has 1 aromatic rings. The molecule has 0 bridgehead atoms. The molecular weight excluding hydrogens is 297 g/mol. The molecule has 2 nitrogen and oxygen atoms in total. The van der Waals surface area contributed by atoms with Gasteiger partial charge in [0.15, 0.2) is 0 Å². The molecular formula is C14H17BrFNO. The van der Waals surface area contributed by atoms with Crippen molar-refractivity contribution in [3.05, 3.63) is 34.1 Å². The zero-order chi connectivity index (χ0) is 13.3. The molecule has 0 aromatic heterocycles. The maximum atomic E-state index is 13.5. The molecule has 98 valence electrons. The summed E-state index contributed by atoms with van der Waals surface area (Å²) in [5.74, 6) is 0.0435. The van der Waals surface area contributed by atoms with Gasteiger partial charge in [-0.2, -0.15) is 0 Å². The van der Waals surface area contributed by atoms with Gasteiger partial charge in [-0.3, -0.25) is 4.79 Å². The fourth-order valence-electron chi connectivity index (χ4n) is 2.42. The van der Waals surface area contributed by atoms with E-state index in [4.69, 9.17) is 0 Å². The molecule has 0 saturated carbocycles. The van der Waals surface area contributed by atoms with Crippen molar-refractivity contribution in [2.24, 2.45) is 5.92 Å². The van der Waals surface area contributed by atoms with Crippen LogP contribution in [0.3, 0.4) is 0 Å². The first kappa shape index (κ1) is 13.5. The number of rotatable bonds is 1. The van der Waals surface area contributed by atoms with E-state index in [9.17, 15) is 9.18 Å². The second-order valence-corrected chi connectivity index (χ2v) is 5.84. The molecule has 1 fully saturated rings. The van der Waals surface area contributed by atoms with Crippen LogP contribution in [0.25, 0.3) is 0 Å². The second-order valence-electron chi connectivity index (χ2n) is 4.99. The van der Waals surface area contributed by atoms with Crippen molar-refractivity contribution in [3.63, 3.8) is 0 Å². The first-order chi connectivity index (χ1) is 8.50. The van der Waals surface area contributed by atoms with Crippen molar-refractivity contribution in [1.29, 1.82) is 0 Å². The number of piperidine rings is 1. The summed E-state index contributed by atoms with van der Waals surface area (Å²) in [5, 5.41) is 0.